The van der Waals surface area contributed by atoms with Crippen molar-refractivity contribution in [1.82, 2.24) is 0 Å². The second-order valence-corrected chi connectivity index (χ2v) is 3.43. The monoisotopic (exact) mass is 200 g/mol. The fraction of sp³-hybridized carbons (Fsp3) is 0.400. The fourth-order valence-corrected chi connectivity index (χ4v) is 1.35. The van der Waals surface area contributed by atoms with Crippen molar-refractivity contribution in [3.63, 3.8) is 0 Å². The Balaban J connectivity index is 2.10. The van der Waals surface area contributed by atoms with Crippen LogP contribution in [0.1, 0.15) is 18.4 Å². The number of rotatable bonds is 3. The molecule has 1 aromatic carbocycles. The maximum Gasteiger partial charge on any atom is 0.387 e. The largest absolute Gasteiger partial charge is 0.435 e. The van der Waals surface area contributed by atoms with E-state index in [4.69, 9.17) is 0 Å². The number of aliphatic hydroxyl groups is 1. The minimum Gasteiger partial charge on any atom is -0.435 e. The van der Waals surface area contributed by atoms with Crippen LogP contribution in [0.3, 0.4) is 0 Å². The summed E-state index contributed by atoms with van der Waals surface area (Å²) in [6.45, 7) is -2.80. The van der Waals surface area contributed by atoms with Crippen molar-refractivity contribution in [2.75, 3.05) is 0 Å². The van der Waals surface area contributed by atoms with E-state index in [1.54, 1.807) is 12.1 Å². The Kier molecular flexibility index (Phi) is 2.15. The van der Waals surface area contributed by atoms with Crippen molar-refractivity contribution < 1.29 is 18.6 Å². The van der Waals surface area contributed by atoms with Crippen LogP contribution in [0.5, 0.6) is 5.75 Å². The molecule has 1 aliphatic rings. The lowest BCUT2D eigenvalue weighted by molar-refractivity contribution is -0.0498. The van der Waals surface area contributed by atoms with Gasteiger partial charge in [-0.25, -0.2) is 0 Å². The van der Waals surface area contributed by atoms with Crippen LogP contribution >= 0.6 is 0 Å². The zero-order valence-electron chi connectivity index (χ0n) is 7.41. The zero-order valence-corrected chi connectivity index (χ0v) is 7.41. The predicted octanol–water partition coefficient (Wildman–Crippen LogP) is 2.27. The highest BCUT2D eigenvalue weighted by molar-refractivity contribution is 5.33. The van der Waals surface area contributed by atoms with Crippen LogP contribution in [0, 0.1) is 0 Å². The van der Waals surface area contributed by atoms with Crippen molar-refractivity contribution in [1.29, 1.82) is 0 Å². The summed E-state index contributed by atoms with van der Waals surface area (Å²) in [6, 6.07) is 6.12. The molecule has 0 radical (unpaired) electrons. The molecule has 0 atom stereocenters. The van der Waals surface area contributed by atoms with Gasteiger partial charge >= 0.3 is 6.61 Å². The maximum absolute atomic E-state index is 11.8. The number of alkyl halides is 2. The van der Waals surface area contributed by atoms with Gasteiger partial charge in [0.1, 0.15) is 5.75 Å². The molecule has 0 aromatic heterocycles. The average Bonchev–Trinajstić information content (AvgIpc) is 2.85. The van der Waals surface area contributed by atoms with Gasteiger partial charge in [-0.3, -0.25) is 0 Å². The maximum atomic E-state index is 11.8. The van der Waals surface area contributed by atoms with Gasteiger partial charge in [-0.05, 0) is 30.5 Å². The summed E-state index contributed by atoms with van der Waals surface area (Å²) in [5.74, 6) is 0.119. The molecule has 1 fully saturated rings. The van der Waals surface area contributed by atoms with Crippen LogP contribution in [-0.2, 0) is 5.60 Å². The molecular formula is C10H10F2O2. The number of hydrogen-bond acceptors (Lipinski definition) is 2. The van der Waals surface area contributed by atoms with Crippen molar-refractivity contribution >= 4 is 0 Å². The lowest BCUT2D eigenvalue weighted by Crippen LogP contribution is -2.05. The van der Waals surface area contributed by atoms with Crippen molar-refractivity contribution in [2.45, 2.75) is 25.1 Å². The molecule has 0 aliphatic heterocycles. The molecule has 0 spiro atoms. The number of hydrogen-bond donors (Lipinski definition) is 1. The second kappa shape index (κ2) is 3.20. The Morgan fingerprint density at radius 2 is 1.79 bits per heavy atom. The number of ether oxygens (including phenoxy) is 1. The molecule has 2 rings (SSSR count). The van der Waals surface area contributed by atoms with Crippen LogP contribution in [0.15, 0.2) is 24.3 Å². The number of halogens is 2. The summed E-state index contributed by atoms with van der Waals surface area (Å²) < 4.78 is 27.8. The first kappa shape index (κ1) is 9.40. The van der Waals surface area contributed by atoms with Crippen LogP contribution in [0.25, 0.3) is 0 Å². The van der Waals surface area contributed by atoms with Crippen molar-refractivity contribution in [3.05, 3.63) is 29.8 Å². The Bertz CT molecular complexity index is 317. The molecule has 4 heteroatoms. The zero-order chi connectivity index (χ0) is 10.2. The van der Waals surface area contributed by atoms with Gasteiger partial charge in [-0.2, -0.15) is 8.78 Å². The van der Waals surface area contributed by atoms with Gasteiger partial charge in [-0.1, -0.05) is 12.1 Å². The molecular weight excluding hydrogens is 190 g/mol. The van der Waals surface area contributed by atoms with E-state index in [0.717, 1.165) is 18.4 Å². The molecule has 14 heavy (non-hydrogen) atoms. The smallest absolute Gasteiger partial charge is 0.387 e. The first-order chi connectivity index (χ1) is 6.60. The van der Waals surface area contributed by atoms with Gasteiger partial charge in [0.05, 0.1) is 5.60 Å². The molecule has 0 bridgehead atoms. The minimum absolute atomic E-state index is 0.119. The average molecular weight is 200 g/mol. The van der Waals surface area contributed by atoms with Crippen LogP contribution in [-0.4, -0.2) is 11.7 Å². The van der Waals surface area contributed by atoms with E-state index in [2.05, 4.69) is 4.74 Å². The van der Waals surface area contributed by atoms with E-state index in [1.807, 2.05) is 0 Å². The molecule has 1 aliphatic carbocycles. The number of benzene rings is 1. The van der Waals surface area contributed by atoms with Gasteiger partial charge in [0.25, 0.3) is 0 Å². The highest BCUT2D eigenvalue weighted by Gasteiger charge is 2.41. The summed E-state index contributed by atoms with van der Waals surface area (Å²) in [4.78, 5) is 0. The summed E-state index contributed by atoms with van der Waals surface area (Å²) >= 11 is 0. The summed E-state index contributed by atoms with van der Waals surface area (Å²) in [5.41, 5.74) is 0.0442. The summed E-state index contributed by atoms with van der Waals surface area (Å²) in [7, 11) is 0. The summed E-state index contributed by atoms with van der Waals surface area (Å²) in [6.07, 6.45) is 1.48. The molecule has 2 nitrogen and oxygen atoms in total. The van der Waals surface area contributed by atoms with Gasteiger partial charge in [-0.15, -0.1) is 0 Å². The Hall–Kier alpha value is -1.16. The van der Waals surface area contributed by atoms with Crippen molar-refractivity contribution in [2.24, 2.45) is 0 Å². The third-order valence-electron chi connectivity index (χ3n) is 2.34. The molecule has 76 valence electrons. The standard InChI is InChI=1S/C10H10F2O2/c11-9(12)14-8-3-1-7(2-4-8)10(13)5-6-10/h1-4,9,13H,5-6H2. The third kappa shape index (κ3) is 1.85. The van der Waals surface area contributed by atoms with Crippen LogP contribution < -0.4 is 4.74 Å². The minimum atomic E-state index is -2.80. The van der Waals surface area contributed by atoms with Crippen LogP contribution in [0.4, 0.5) is 8.78 Å². The topological polar surface area (TPSA) is 29.5 Å². The lowest BCUT2D eigenvalue weighted by atomic mass is 10.1. The normalized spacial score (nSPS) is 18.3. The van der Waals surface area contributed by atoms with Gasteiger partial charge < -0.3 is 9.84 Å². The predicted molar refractivity (Wildman–Crippen MR) is 46.2 cm³/mol. The molecule has 1 N–H and O–H groups in total. The highest BCUT2D eigenvalue weighted by atomic mass is 19.3. The van der Waals surface area contributed by atoms with E-state index in [-0.39, 0.29) is 5.75 Å². The van der Waals surface area contributed by atoms with E-state index in [0.29, 0.717) is 0 Å². The Morgan fingerprint density at radius 1 is 1.21 bits per heavy atom. The third-order valence-corrected chi connectivity index (χ3v) is 2.34. The van der Waals surface area contributed by atoms with E-state index < -0.39 is 12.2 Å². The SMILES string of the molecule is OC1(c2ccc(OC(F)F)cc2)CC1. The van der Waals surface area contributed by atoms with Crippen molar-refractivity contribution in [3.8, 4) is 5.75 Å². The molecule has 1 saturated carbocycles. The van der Waals surface area contributed by atoms with Gasteiger partial charge in [0, 0.05) is 0 Å². The molecule has 0 heterocycles. The second-order valence-electron chi connectivity index (χ2n) is 3.43. The van der Waals surface area contributed by atoms with E-state index in [1.165, 1.54) is 12.1 Å². The van der Waals surface area contributed by atoms with E-state index >= 15 is 0 Å². The molecule has 0 amide bonds. The lowest BCUT2D eigenvalue weighted by Gasteiger charge is -2.09. The molecule has 0 unspecified atom stereocenters. The summed E-state index contributed by atoms with van der Waals surface area (Å²) in [5, 5.41) is 9.68. The van der Waals surface area contributed by atoms with Crippen LogP contribution in [0.2, 0.25) is 0 Å². The Labute approximate surface area is 80.1 Å². The Morgan fingerprint density at radius 3 is 2.21 bits per heavy atom. The first-order valence-corrected chi connectivity index (χ1v) is 4.38. The highest BCUT2D eigenvalue weighted by Crippen LogP contribution is 2.45. The van der Waals surface area contributed by atoms with E-state index in [9.17, 15) is 13.9 Å². The fourth-order valence-electron chi connectivity index (χ4n) is 1.35. The molecule has 1 aromatic rings. The first-order valence-electron chi connectivity index (χ1n) is 4.38. The quantitative estimate of drug-likeness (QED) is 0.811. The molecule has 0 saturated heterocycles. The van der Waals surface area contributed by atoms with Gasteiger partial charge in [0.15, 0.2) is 0 Å². The van der Waals surface area contributed by atoms with Gasteiger partial charge in [0.2, 0.25) is 0 Å².